The van der Waals surface area contributed by atoms with Gasteiger partial charge in [-0.15, -0.1) is 0 Å². The molecule has 1 atom stereocenters. The molecule has 2 amide bonds. The lowest BCUT2D eigenvalue weighted by Crippen LogP contribution is -2.57. The number of hydrogen-bond donors (Lipinski definition) is 2. The largest absolute Gasteiger partial charge is 0.490 e. The average molecular weight is 470 g/mol. The molecule has 0 radical (unpaired) electrons. The van der Waals surface area contributed by atoms with Crippen LogP contribution in [0.3, 0.4) is 0 Å². The molecule has 0 aliphatic carbocycles. The minimum atomic E-state index is -0.745. The molecule has 2 N–H and O–H groups in total. The summed E-state index contributed by atoms with van der Waals surface area (Å²) in [5.74, 6) is 0.230. The SMILES string of the molecule is CCCOC(=O)CC1C(=O)NCCN1CC(=O)Nc1ccccc1OCCOc1ccccc1. The molecule has 1 aliphatic heterocycles. The van der Waals surface area contributed by atoms with Gasteiger partial charge in [-0.2, -0.15) is 0 Å². The fourth-order valence-corrected chi connectivity index (χ4v) is 3.50. The molecule has 3 rings (SSSR count). The molecule has 9 heteroatoms. The minimum absolute atomic E-state index is 0.0371. The summed E-state index contributed by atoms with van der Waals surface area (Å²) < 4.78 is 16.5. The van der Waals surface area contributed by atoms with Gasteiger partial charge in [0.15, 0.2) is 0 Å². The maximum Gasteiger partial charge on any atom is 0.307 e. The number of carbonyl (C=O) groups excluding carboxylic acids is 3. The normalized spacial score (nSPS) is 15.8. The van der Waals surface area contributed by atoms with Crippen LogP contribution in [-0.4, -0.2) is 68.2 Å². The van der Waals surface area contributed by atoms with E-state index in [2.05, 4.69) is 10.6 Å². The highest BCUT2D eigenvalue weighted by molar-refractivity contribution is 5.94. The molecule has 0 bridgehead atoms. The van der Waals surface area contributed by atoms with E-state index in [4.69, 9.17) is 14.2 Å². The van der Waals surface area contributed by atoms with Crippen molar-refractivity contribution in [2.24, 2.45) is 0 Å². The average Bonchev–Trinajstić information content (AvgIpc) is 2.84. The second-order valence-corrected chi connectivity index (χ2v) is 7.76. The molecule has 1 fully saturated rings. The van der Waals surface area contributed by atoms with Gasteiger partial charge >= 0.3 is 5.97 Å². The molecule has 9 nitrogen and oxygen atoms in total. The van der Waals surface area contributed by atoms with Gasteiger partial charge in [-0.25, -0.2) is 0 Å². The first-order valence-corrected chi connectivity index (χ1v) is 11.4. The van der Waals surface area contributed by atoms with E-state index in [9.17, 15) is 14.4 Å². The Morgan fingerprint density at radius 2 is 1.76 bits per heavy atom. The van der Waals surface area contributed by atoms with E-state index in [1.54, 1.807) is 23.1 Å². The molecular weight excluding hydrogens is 438 g/mol. The zero-order chi connectivity index (χ0) is 24.2. The van der Waals surface area contributed by atoms with Crippen LogP contribution in [0.4, 0.5) is 5.69 Å². The number of piperazine rings is 1. The number of para-hydroxylation sites is 3. The van der Waals surface area contributed by atoms with Crippen LogP contribution in [0.15, 0.2) is 54.6 Å². The van der Waals surface area contributed by atoms with Crippen molar-refractivity contribution in [1.82, 2.24) is 10.2 Å². The highest BCUT2D eigenvalue weighted by Crippen LogP contribution is 2.24. The molecule has 34 heavy (non-hydrogen) atoms. The maximum absolute atomic E-state index is 12.8. The van der Waals surface area contributed by atoms with E-state index in [1.165, 1.54) is 0 Å². The van der Waals surface area contributed by atoms with Crippen molar-refractivity contribution in [3.63, 3.8) is 0 Å². The Hall–Kier alpha value is -3.59. The van der Waals surface area contributed by atoms with Gasteiger partial charge in [-0.3, -0.25) is 19.3 Å². The number of nitrogens with zero attached hydrogens (tertiary/aromatic N) is 1. The number of nitrogens with one attached hydrogen (secondary N) is 2. The van der Waals surface area contributed by atoms with Crippen molar-refractivity contribution < 1.29 is 28.6 Å². The van der Waals surface area contributed by atoms with E-state index >= 15 is 0 Å². The minimum Gasteiger partial charge on any atom is -0.490 e. The van der Waals surface area contributed by atoms with Gasteiger partial charge in [0.2, 0.25) is 11.8 Å². The Balaban J connectivity index is 1.53. The second kappa shape index (κ2) is 13.2. The summed E-state index contributed by atoms with van der Waals surface area (Å²) in [7, 11) is 0. The molecule has 1 aliphatic rings. The monoisotopic (exact) mass is 469 g/mol. The van der Waals surface area contributed by atoms with Gasteiger partial charge in [0.05, 0.1) is 25.3 Å². The number of ether oxygens (including phenoxy) is 3. The number of anilines is 1. The van der Waals surface area contributed by atoms with E-state index in [1.807, 2.05) is 43.3 Å². The number of rotatable bonds is 12. The molecule has 1 heterocycles. The Bertz CT molecular complexity index is 953. The third-order valence-corrected chi connectivity index (χ3v) is 5.13. The van der Waals surface area contributed by atoms with Crippen molar-refractivity contribution in [2.45, 2.75) is 25.8 Å². The quantitative estimate of drug-likeness (QED) is 0.363. The molecule has 0 aromatic heterocycles. The summed E-state index contributed by atoms with van der Waals surface area (Å²) in [6, 6.07) is 15.8. The number of amides is 2. The van der Waals surface area contributed by atoms with E-state index in [0.29, 0.717) is 50.8 Å². The van der Waals surface area contributed by atoms with Crippen LogP contribution in [0.25, 0.3) is 0 Å². The standard InChI is InChI=1S/C25H31N3O6/c1-2-14-34-24(30)17-21-25(31)26-12-13-28(21)18-23(29)27-20-10-6-7-11-22(20)33-16-15-32-19-8-4-3-5-9-19/h3-11,21H,2,12-18H2,1H3,(H,26,31)(H,27,29). The predicted molar refractivity (Wildman–Crippen MR) is 127 cm³/mol. The van der Waals surface area contributed by atoms with Gasteiger partial charge in [-0.1, -0.05) is 37.3 Å². The molecular formula is C25H31N3O6. The summed E-state index contributed by atoms with van der Waals surface area (Å²) in [5, 5.41) is 5.59. The Labute approximate surface area is 199 Å². The van der Waals surface area contributed by atoms with Crippen molar-refractivity contribution in [2.75, 3.05) is 44.8 Å². The molecule has 182 valence electrons. The van der Waals surface area contributed by atoms with Crippen LogP contribution in [0.2, 0.25) is 0 Å². The number of carbonyl (C=O) groups is 3. The van der Waals surface area contributed by atoms with E-state index in [-0.39, 0.29) is 24.8 Å². The lowest BCUT2D eigenvalue weighted by molar-refractivity contribution is -0.148. The zero-order valence-electron chi connectivity index (χ0n) is 19.3. The van der Waals surface area contributed by atoms with Crippen LogP contribution in [0.1, 0.15) is 19.8 Å². The first-order valence-electron chi connectivity index (χ1n) is 11.4. The summed E-state index contributed by atoms with van der Waals surface area (Å²) in [4.78, 5) is 38.8. The van der Waals surface area contributed by atoms with Crippen molar-refractivity contribution >= 4 is 23.5 Å². The third-order valence-electron chi connectivity index (χ3n) is 5.13. The van der Waals surface area contributed by atoms with Crippen LogP contribution >= 0.6 is 0 Å². The molecule has 2 aromatic rings. The zero-order valence-corrected chi connectivity index (χ0v) is 19.3. The highest BCUT2D eigenvalue weighted by atomic mass is 16.5. The lowest BCUT2D eigenvalue weighted by Gasteiger charge is -2.33. The summed E-state index contributed by atoms with van der Waals surface area (Å²) in [5.41, 5.74) is 0.521. The van der Waals surface area contributed by atoms with Crippen molar-refractivity contribution in [3.05, 3.63) is 54.6 Å². The van der Waals surface area contributed by atoms with Crippen molar-refractivity contribution in [1.29, 1.82) is 0 Å². The van der Waals surface area contributed by atoms with Crippen LogP contribution in [-0.2, 0) is 19.1 Å². The topological polar surface area (TPSA) is 106 Å². The number of esters is 1. The van der Waals surface area contributed by atoms with Gasteiger partial charge in [0.25, 0.3) is 0 Å². The molecule has 1 saturated heterocycles. The van der Waals surface area contributed by atoms with Gasteiger partial charge in [0.1, 0.15) is 30.8 Å². The predicted octanol–water partition coefficient (Wildman–Crippen LogP) is 2.23. The number of hydrogen-bond acceptors (Lipinski definition) is 7. The molecule has 2 aromatic carbocycles. The van der Waals surface area contributed by atoms with E-state index < -0.39 is 12.0 Å². The van der Waals surface area contributed by atoms with Gasteiger partial charge in [0, 0.05) is 13.1 Å². The fourth-order valence-electron chi connectivity index (χ4n) is 3.50. The number of benzene rings is 2. The fraction of sp³-hybridized carbons (Fsp3) is 0.400. The van der Waals surface area contributed by atoms with Crippen LogP contribution in [0.5, 0.6) is 11.5 Å². The van der Waals surface area contributed by atoms with Crippen molar-refractivity contribution in [3.8, 4) is 11.5 Å². The molecule has 0 saturated carbocycles. The van der Waals surface area contributed by atoms with Gasteiger partial charge < -0.3 is 24.8 Å². The van der Waals surface area contributed by atoms with Crippen LogP contribution < -0.4 is 20.1 Å². The second-order valence-electron chi connectivity index (χ2n) is 7.76. The third kappa shape index (κ3) is 7.77. The lowest BCUT2D eigenvalue weighted by atomic mass is 10.1. The summed E-state index contributed by atoms with van der Waals surface area (Å²) in [6.07, 6.45) is 0.606. The first kappa shape index (κ1) is 25.0. The Kier molecular flexibility index (Phi) is 9.72. The smallest absolute Gasteiger partial charge is 0.307 e. The first-order chi connectivity index (χ1) is 16.6. The summed E-state index contributed by atoms with van der Waals surface area (Å²) in [6.45, 7) is 3.69. The molecule has 1 unspecified atom stereocenters. The van der Waals surface area contributed by atoms with Gasteiger partial charge in [-0.05, 0) is 30.7 Å². The Morgan fingerprint density at radius 3 is 2.56 bits per heavy atom. The highest BCUT2D eigenvalue weighted by Gasteiger charge is 2.33. The molecule has 0 spiro atoms. The summed E-state index contributed by atoms with van der Waals surface area (Å²) >= 11 is 0. The Morgan fingerprint density at radius 1 is 1.03 bits per heavy atom. The van der Waals surface area contributed by atoms with E-state index in [0.717, 1.165) is 5.75 Å². The maximum atomic E-state index is 12.8. The van der Waals surface area contributed by atoms with Crippen LogP contribution in [0, 0.1) is 0 Å².